The van der Waals surface area contributed by atoms with Crippen molar-refractivity contribution in [2.75, 3.05) is 13.1 Å². The Balaban J connectivity index is 0.00000408. The zero-order valence-corrected chi connectivity index (χ0v) is 21.4. The number of amides is 1. The van der Waals surface area contributed by atoms with Gasteiger partial charge in [-0.2, -0.15) is 0 Å². The van der Waals surface area contributed by atoms with E-state index in [1.807, 2.05) is 47.5 Å². The van der Waals surface area contributed by atoms with E-state index in [4.69, 9.17) is 10.5 Å². The molecule has 1 amide bonds. The number of carbonyl (C=O) groups is 1. The molecule has 5 nitrogen and oxygen atoms in total. The summed E-state index contributed by atoms with van der Waals surface area (Å²) in [5.41, 5.74) is 9.66. The molecule has 3 N–H and O–H groups in total. The summed E-state index contributed by atoms with van der Waals surface area (Å²) in [5, 5.41) is 1.06. The minimum absolute atomic E-state index is 0. The number of unbranched alkanes of at least 4 members (excludes halogenated alkanes) is 4. The molecule has 0 radical (unpaired) electrons. The summed E-state index contributed by atoms with van der Waals surface area (Å²) in [6, 6.07) is 15.6. The van der Waals surface area contributed by atoms with Crippen molar-refractivity contribution in [1.82, 2.24) is 9.88 Å². The second-order valence-electron chi connectivity index (χ2n) is 8.85. The molecule has 186 valence electrons. The third-order valence-electron chi connectivity index (χ3n) is 6.12. The predicted octanol–water partition coefficient (Wildman–Crippen LogP) is 6.25. The Hall–Kier alpha value is -2.50. The standard InChI is InChI=1S/C28H39N3O2.ClH/c1-3-5-10-16-31(17-11-6-4-2)28(32)26(29)18-23-20-30-27-15-14-24(19-25(23)27)33-21-22-12-8-7-9-13-22;/h7-9,12-15,19-20,26,30H,3-6,10-11,16-18,21,29H2,1-2H3;1H/t26-;/m0./s1. The lowest BCUT2D eigenvalue weighted by atomic mass is 10.0. The first-order valence-corrected chi connectivity index (χ1v) is 12.4. The first-order chi connectivity index (χ1) is 16.1. The Morgan fingerprint density at radius 2 is 1.68 bits per heavy atom. The van der Waals surface area contributed by atoms with Crippen molar-refractivity contribution in [3.63, 3.8) is 0 Å². The van der Waals surface area contributed by atoms with Crippen LogP contribution in [0.4, 0.5) is 0 Å². The molecule has 0 aliphatic heterocycles. The monoisotopic (exact) mass is 485 g/mol. The number of nitrogens with two attached hydrogens (primary N) is 1. The number of benzene rings is 2. The molecule has 1 aromatic heterocycles. The molecule has 6 heteroatoms. The van der Waals surface area contributed by atoms with Gasteiger partial charge in [0, 0.05) is 30.2 Å². The molecule has 0 fully saturated rings. The fraction of sp³-hybridized carbons (Fsp3) is 0.464. The van der Waals surface area contributed by atoms with Crippen molar-refractivity contribution >= 4 is 29.2 Å². The van der Waals surface area contributed by atoms with Gasteiger partial charge in [0.15, 0.2) is 0 Å². The molecule has 0 saturated carbocycles. The number of aromatic nitrogens is 1. The van der Waals surface area contributed by atoms with E-state index in [-0.39, 0.29) is 18.3 Å². The van der Waals surface area contributed by atoms with E-state index in [0.717, 1.165) is 79.4 Å². The van der Waals surface area contributed by atoms with Gasteiger partial charge in [0.05, 0.1) is 6.04 Å². The van der Waals surface area contributed by atoms with Crippen molar-refractivity contribution < 1.29 is 9.53 Å². The molecule has 3 rings (SSSR count). The van der Waals surface area contributed by atoms with Crippen LogP contribution in [0.5, 0.6) is 5.75 Å². The Kier molecular flexibility index (Phi) is 12.0. The molecule has 3 aromatic rings. The van der Waals surface area contributed by atoms with E-state index >= 15 is 0 Å². The number of hydrogen-bond donors (Lipinski definition) is 2. The largest absolute Gasteiger partial charge is 0.489 e. The summed E-state index contributed by atoms with van der Waals surface area (Å²) in [6.07, 6.45) is 9.13. The number of nitrogens with zero attached hydrogens (tertiary/aromatic N) is 1. The van der Waals surface area contributed by atoms with Crippen LogP contribution >= 0.6 is 12.4 Å². The fourth-order valence-corrected chi connectivity index (χ4v) is 4.15. The highest BCUT2D eigenvalue weighted by Gasteiger charge is 2.22. The van der Waals surface area contributed by atoms with Crippen LogP contribution in [-0.4, -0.2) is 34.9 Å². The lowest BCUT2D eigenvalue weighted by Crippen LogP contribution is -2.45. The number of H-pyrrole nitrogens is 1. The van der Waals surface area contributed by atoms with Crippen molar-refractivity contribution in [3.05, 3.63) is 65.9 Å². The van der Waals surface area contributed by atoms with Crippen molar-refractivity contribution in [1.29, 1.82) is 0 Å². The summed E-state index contributed by atoms with van der Waals surface area (Å²) in [4.78, 5) is 18.5. The Morgan fingerprint density at radius 1 is 1.00 bits per heavy atom. The van der Waals surface area contributed by atoms with Crippen LogP contribution in [0.1, 0.15) is 63.5 Å². The number of halogens is 1. The molecule has 0 bridgehead atoms. The van der Waals surface area contributed by atoms with Crippen LogP contribution in [0.25, 0.3) is 10.9 Å². The molecule has 0 saturated heterocycles. The number of fused-ring (bicyclic) bond motifs is 1. The number of carbonyl (C=O) groups excluding carboxylic acids is 1. The van der Waals surface area contributed by atoms with Crippen molar-refractivity contribution in [2.45, 2.75) is 71.4 Å². The van der Waals surface area contributed by atoms with E-state index < -0.39 is 6.04 Å². The fourth-order valence-electron chi connectivity index (χ4n) is 4.15. The van der Waals surface area contributed by atoms with Crippen molar-refractivity contribution in [3.8, 4) is 5.75 Å². The summed E-state index contributed by atoms with van der Waals surface area (Å²) in [5.74, 6) is 0.876. The van der Waals surface area contributed by atoms with Crippen molar-refractivity contribution in [2.24, 2.45) is 5.73 Å². The summed E-state index contributed by atoms with van der Waals surface area (Å²) < 4.78 is 6.00. The van der Waals surface area contributed by atoms with Gasteiger partial charge in [0.1, 0.15) is 12.4 Å². The van der Waals surface area contributed by atoms with E-state index in [1.54, 1.807) is 0 Å². The molecule has 0 spiro atoms. The normalized spacial score (nSPS) is 11.7. The number of aromatic amines is 1. The van der Waals surface area contributed by atoms with Gasteiger partial charge in [-0.15, -0.1) is 12.4 Å². The minimum atomic E-state index is -0.541. The van der Waals surface area contributed by atoms with Crippen LogP contribution in [0.2, 0.25) is 0 Å². The zero-order chi connectivity index (χ0) is 23.5. The minimum Gasteiger partial charge on any atom is -0.489 e. The van der Waals surface area contributed by atoms with Gasteiger partial charge in [-0.05, 0) is 48.6 Å². The smallest absolute Gasteiger partial charge is 0.239 e. The number of nitrogens with one attached hydrogen (secondary N) is 1. The average Bonchev–Trinajstić information content (AvgIpc) is 3.24. The second kappa shape index (κ2) is 14.7. The molecule has 34 heavy (non-hydrogen) atoms. The van der Waals surface area contributed by atoms with E-state index in [0.29, 0.717) is 13.0 Å². The van der Waals surface area contributed by atoms with Gasteiger partial charge in [-0.25, -0.2) is 0 Å². The Morgan fingerprint density at radius 3 is 2.32 bits per heavy atom. The molecule has 0 unspecified atom stereocenters. The Labute approximate surface area is 210 Å². The lowest BCUT2D eigenvalue weighted by molar-refractivity contribution is -0.132. The number of rotatable bonds is 14. The number of hydrogen-bond acceptors (Lipinski definition) is 3. The molecular weight excluding hydrogens is 446 g/mol. The summed E-state index contributed by atoms with van der Waals surface area (Å²) in [6.45, 7) is 6.49. The second-order valence-corrected chi connectivity index (χ2v) is 8.85. The van der Waals surface area contributed by atoms with E-state index in [1.165, 1.54) is 0 Å². The van der Waals surface area contributed by atoms with E-state index in [2.05, 4.69) is 31.0 Å². The molecular formula is C28H40ClN3O2. The highest BCUT2D eigenvalue weighted by Crippen LogP contribution is 2.25. The quantitative estimate of drug-likeness (QED) is 0.265. The molecule has 0 aliphatic rings. The van der Waals surface area contributed by atoms with Crippen LogP contribution < -0.4 is 10.5 Å². The maximum atomic E-state index is 13.2. The van der Waals surface area contributed by atoms with Crippen LogP contribution in [0.15, 0.2) is 54.7 Å². The first-order valence-electron chi connectivity index (χ1n) is 12.4. The molecule has 1 heterocycles. The first kappa shape index (κ1) is 27.7. The molecule has 0 aliphatic carbocycles. The average molecular weight is 486 g/mol. The number of ether oxygens (including phenoxy) is 1. The van der Waals surface area contributed by atoms with Crippen LogP contribution in [-0.2, 0) is 17.8 Å². The Bertz CT molecular complexity index is 980. The SMILES string of the molecule is CCCCCN(CCCCC)C(=O)[C@@H](N)Cc1c[nH]c2ccc(OCc3ccccc3)cc12.Cl. The summed E-state index contributed by atoms with van der Waals surface area (Å²) in [7, 11) is 0. The summed E-state index contributed by atoms with van der Waals surface area (Å²) >= 11 is 0. The van der Waals surface area contributed by atoms with Gasteiger partial charge in [-0.3, -0.25) is 4.79 Å². The van der Waals surface area contributed by atoms with E-state index in [9.17, 15) is 4.79 Å². The highest BCUT2D eigenvalue weighted by atomic mass is 35.5. The zero-order valence-electron chi connectivity index (χ0n) is 20.6. The van der Waals surface area contributed by atoms with Gasteiger partial charge < -0.3 is 20.4 Å². The van der Waals surface area contributed by atoms with Crippen LogP contribution in [0.3, 0.4) is 0 Å². The topological polar surface area (TPSA) is 71.3 Å². The maximum absolute atomic E-state index is 13.2. The maximum Gasteiger partial charge on any atom is 0.239 e. The third kappa shape index (κ3) is 8.07. The highest BCUT2D eigenvalue weighted by molar-refractivity contribution is 5.87. The molecule has 2 aromatic carbocycles. The third-order valence-corrected chi connectivity index (χ3v) is 6.12. The van der Waals surface area contributed by atoms with Gasteiger partial charge in [-0.1, -0.05) is 69.9 Å². The van der Waals surface area contributed by atoms with Gasteiger partial charge >= 0.3 is 0 Å². The van der Waals surface area contributed by atoms with Gasteiger partial charge in [0.2, 0.25) is 5.91 Å². The predicted molar refractivity (Wildman–Crippen MR) is 144 cm³/mol. The molecule has 1 atom stereocenters. The van der Waals surface area contributed by atoms with Crippen LogP contribution in [0, 0.1) is 0 Å². The lowest BCUT2D eigenvalue weighted by Gasteiger charge is -2.26. The van der Waals surface area contributed by atoms with Gasteiger partial charge in [0.25, 0.3) is 0 Å².